The number of carbonyl (C=O) groups excluding carboxylic acids is 1. The number of hydrogen-bond donors (Lipinski definition) is 3. The van der Waals surface area contributed by atoms with Crippen LogP contribution in [0.3, 0.4) is 0 Å². The molecule has 2 aromatic heterocycles. The van der Waals surface area contributed by atoms with Crippen LogP contribution in [-0.2, 0) is 11.2 Å². The van der Waals surface area contributed by atoms with Gasteiger partial charge in [-0.1, -0.05) is 18.2 Å². The molecule has 6 heteroatoms. The van der Waals surface area contributed by atoms with E-state index < -0.39 is 0 Å². The van der Waals surface area contributed by atoms with Gasteiger partial charge < -0.3 is 10.4 Å². The molecule has 1 aliphatic rings. The second kappa shape index (κ2) is 7.12. The summed E-state index contributed by atoms with van der Waals surface area (Å²) in [5.41, 5.74) is 4.64. The maximum absolute atomic E-state index is 12.8. The molecule has 2 heterocycles. The highest BCUT2D eigenvalue weighted by Gasteiger charge is 2.36. The summed E-state index contributed by atoms with van der Waals surface area (Å²) < 4.78 is 0. The predicted octanol–water partition coefficient (Wildman–Crippen LogP) is 2.75. The Morgan fingerprint density at radius 2 is 2.11 bits per heavy atom. The van der Waals surface area contributed by atoms with E-state index in [9.17, 15) is 9.90 Å². The zero-order valence-corrected chi connectivity index (χ0v) is 15.6. The van der Waals surface area contributed by atoms with Crippen LogP contribution >= 0.6 is 0 Å². The molecule has 4 rings (SSSR count). The van der Waals surface area contributed by atoms with E-state index in [4.69, 9.17) is 0 Å². The van der Waals surface area contributed by atoms with Crippen LogP contribution in [0.1, 0.15) is 41.4 Å². The van der Waals surface area contributed by atoms with Crippen molar-refractivity contribution in [3.8, 4) is 0 Å². The predicted molar refractivity (Wildman–Crippen MR) is 103 cm³/mol. The summed E-state index contributed by atoms with van der Waals surface area (Å²) >= 11 is 0. The molecular weight excluding hydrogens is 340 g/mol. The maximum atomic E-state index is 12.8. The number of para-hydroxylation sites is 1. The number of aromatic nitrogens is 3. The number of aryl methyl sites for hydroxylation is 2. The summed E-state index contributed by atoms with van der Waals surface area (Å²) in [7, 11) is 0. The van der Waals surface area contributed by atoms with Crippen molar-refractivity contribution in [3.63, 3.8) is 0 Å². The molecule has 0 spiro atoms. The average molecular weight is 364 g/mol. The lowest BCUT2D eigenvalue weighted by Gasteiger charge is -2.38. The Morgan fingerprint density at radius 3 is 2.81 bits per heavy atom. The number of amides is 1. The molecule has 0 bridgehead atoms. The van der Waals surface area contributed by atoms with Gasteiger partial charge in [-0.2, -0.15) is 5.10 Å². The second-order valence-corrected chi connectivity index (χ2v) is 7.48. The topological polar surface area (TPSA) is 90.9 Å². The number of rotatable bonds is 5. The molecule has 27 heavy (non-hydrogen) atoms. The van der Waals surface area contributed by atoms with Crippen LogP contribution in [-0.4, -0.2) is 32.3 Å². The third-order valence-corrected chi connectivity index (χ3v) is 5.53. The average Bonchev–Trinajstić information content (AvgIpc) is 2.95. The summed E-state index contributed by atoms with van der Waals surface area (Å²) in [6, 6.07) is 9.89. The quantitative estimate of drug-likeness (QED) is 0.649. The fraction of sp³-hybridized carbons (Fsp3) is 0.381. The first-order chi connectivity index (χ1) is 13.0. The van der Waals surface area contributed by atoms with E-state index in [-0.39, 0.29) is 24.0 Å². The molecule has 1 saturated carbocycles. The van der Waals surface area contributed by atoms with Crippen molar-refractivity contribution in [3.05, 3.63) is 59.0 Å². The van der Waals surface area contributed by atoms with Crippen molar-refractivity contribution in [2.24, 2.45) is 5.92 Å². The van der Waals surface area contributed by atoms with E-state index in [0.717, 1.165) is 33.4 Å². The molecular formula is C21H24N4O2. The lowest BCUT2D eigenvalue weighted by atomic mass is 9.75. The minimum absolute atomic E-state index is 0.0397. The first-order valence-corrected chi connectivity index (χ1v) is 9.34. The highest BCUT2D eigenvalue weighted by Crippen LogP contribution is 2.38. The number of H-pyrrole nitrogens is 1. The van der Waals surface area contributed by atoms with Gasteiger partial charge in [-0.25, -0.2) is 0 Å². The van der Waals surface area contributed by atoms with Crippen LogP contribution in [0.4, 0.5) is 0 Å². The Kier molecular flexibility index (Phi) is 4.66. The van der Waals surface area contributed by atoms with Crippen LogP contribution in [0.5, 0.6) is 0 Å². The summed E-state index contributed by atoms with van der Waals surface area (Å²) in [5, 5.41) is 21.1. The zero-order valence-electron chi connectivity index (χ0n) is 15.6. The number of aliphatic hydroxyl groups is 1. The molecule has 0 aliphatic heterocycles. The summed E-state index contributed by atoms with van der Waals surface area (Å²) in [4.78, 5) is 17.3. The Balaban J connectivity index is 1.58. The summed E-state index contributed by atoms with van der Waals surface area (Å²) in [5.74, 6) is 0.181. The molecule has 1 amide bonds. The molecule has 3 aromatic rings. The van der Waals surface area contributed by atoms with Crippen molar-refractivity contribution in [2.75, 3.05) is 0 Å². The highest BCUT2D eigenvalue weighted by atomic mass is 16.3. The Labute approximate surface area is 158 Å². The van der Waals surface area contributed by atoms with Crippen molar-refractivity contribution in [1.29, 1.82) is 0 Å². The van der Waals surface area contributed by atoms with Gasteiger partial charge in [-0.15, -0.1) is 0 Å². The van der Waals surface area contributed by atoms with Crippen molar-refractivity contribution in [1.82, 2.24) is 20.5 Å². The minimum atomic E-state index is -0.277. The molecule has 1 atom stereocenters. The molecule has 1 aliphatic carbocycles. The number of aliphatic hydroxyl groups excluding tert-OH is 1. The highest BCUT2D eigenvalue weighted by molar-refractivity contribution is 5.81. The molecule has 1 aromatic carbocycles. The van der Waals surface area contributed by atoms with Gasteiger partial charge in [0.05, 0.1) is 29.8 Å². The Morgan fingerprint density at radius 1 is 1.33 bits per heavy atom. The van der Waals surface area contributed by atoms with Gasteiger partial charge in [0.2, 0.25) is 5.91 Å². The molecule has 0 saturated heterocycles. The first kappa shape index (κ1) is 17.7. The molecule has 0 radical (unpaired) electrons. The number of aromatic amines is 1. The Hall–Kier alpha value is -2.73. The van der Waals surface area contributed by atoms with E-state index in [0.29, 0.717) is 19.3 Å². The molecule has 3 N–H and O–H groups in total. The number of nitrogens with one attached hydrogen (secondary N) is 2. The van der Waals surface area contributed by atoms with E-state index in [1.807, 2.05) is 44.3 Å². The van der Waals surface area contributed by atoms with E-state index >= 15 is 0 Å². The van der Waals surface area contributed by atoms with Crippen LogP contribution in [0, 0.1) is 19.8 Å². The molecule has 0 unspecified atom stereocenters. The second-order valence-electron chi connectivity index (χ2n) is 7.48. The number of nitrogens with zero attached hydrogens (tertiary/aromatic N) is 2. The SMILES string of the molecule is Cc1n[nH]c(C)c1CC(=O)N[C@@H](c1cnc2ccccc2c1)C1CC(O)C1. The number of carbonyl (C=O) groups is 1. The van der Waals surface area contributed by atoms with Gasteiger partial charge in [0.25, 0.3) is 0 Å². The smallest absolute Gasteiger partial charge is 0.225 e. The fourth-order valence-electron chi connectivity index (χ4n) is 3.85. The van der Waals surface area contributed by atoms with Crippen molar-refractivity contribution in [2.45, 2.75) is 45.3 Å². The third kappa shape index (κ3) is 3.57. The van der Waals surface area contributed by atoms with Crippen LogP contribution in [0.15, 0.2) is 36.5 Å². The molecule has 140 valence electrons. The van der Waals surface area contributed by atoms with Gasteiger partial charge in [0.1, 0.15) is 0 Å². The van der Waals surface area contributed by atoms with Crippen LogP contribution in [0.2, 0.25) is 0 Å². The van der Waals surface area contributed by atoms with Crippen LogP contribution in [0.25, 0.3) is 10.9 Å². The van der Waals surface area contributed by atoms with Crippen LogP contribution < -0.4 is 5.32 Å². The van der Waals surface area contributed by atoms with Gasteiger partial charge >= 0.3 is 0 Å². The molecule has 1 fully saturated rings. The van der Waals surface area contributed by atoms with Gasteiger partial charge in [-0.3, -0.25) is 14.9 Å². The largest absolute Gasteiger partial charge is 0.393 e. The minimum Gasteiger partial charge on any atom is -0.393 e. The van der Waals surface area contributed by atoms with Gasteiger partial charge in [-0.05, 0) is 50.3 Å². The van der Waals surface area contributed by atoms with Crippen molar-refractivity contribution < 1.29 is 9.90 Å². The van der Waals surface area contributed by atoms with E-state index in [1.54, 1.807) is 0 Å². The standard InChI is InChI=1S/C21H24N4O2/c1-12-18(13(2)25-24-12)10-20(27)23-21(15-8-17(26)9-15)16-7-14-5-3-4-6-19(14)22-11-16/h3-7,11,15,17,21,26H,8-10H2,1-2H3,(H,23,27)(H,24,25)/t15?,17?,21-/m1/s1. The lowest BCUT2D eigenvalue weighted by molar-refractivity contribution is -0.122. The summed E-state index contributed by atoms with van der Waals surface area (Å²) in [6.07, 6.45) is 3.25. The van der Waals surface area contributed by atoms with Crippen molar-refractivity contribution >= 4 is 16.8 Å². The fourth-order valence-corrected chi connectivity index (χ4v) is 3.85. The maximum Gasteiger partial charge on any atom is 0.225 e. The van der Waals surface area contributed by atoms with E-state index in [2.05, 4.69) is 26.6 Å². The van der Waals surface area contributed by atoms with Gasteiger partial charge in [0.15, 0.2) is 0 Å². The number of hydrogen-bond acceptors (Lipinski definition) is 4. The van der Waals surface area contributed by atoms with Gasteiger partial charge in [0, 0.05) is 22.8 Å². The molecule has 6 nitrogen and oxygen atoms in total. The third-order valence-electron chi connectivity index (χ3n) is 5.53. The number of benzene rings is 1. The summed E-state index contributed by atoms with van der Waals surface area (Å²) in [6.45, 7) is 3.83. The monoisotopic (exact) mass is 364 g/mol. The normalized spacial score (nSPS) is 20.3. The Bertz CT molecular complexity index is 956. The van der Waals surface area contributed by atoms with E-state index in [1.165, 1.54) is 0 Å². The zero-order chi connectivity index (χ0) is 19.0. The lowest BCUT2D eigenvalue weighted by Crippen LogP contribution is -2.42. The number of fused-ring (bicyclic) bond motifs is 1. The first-order valence-electron chi connectivity index (χ1n) is 9.34. The number of pyridine rings is 1.